The Kier molecular flexibility index (Phi) is 7.49. The Balaban J connectivity index is 1.81. The average molecular weight is 230 g/mol. The van der Waals surface area contributed by atoms with Gasteiger partial charge in [-0.15, -0.1) is 0 Å². The molecule has 0 saturated heterocycles. The van der Waals surface area contributed by atoms with E-state index >= 15 is 0 Å². The van der Waals surface area contributed by atoms with Gasteiger partial charge in [-0.1, -0.05) is 12.8 Å². The van der Waals surface area contributed by atoms with Gasteiger partial charge in [-0.25, -0.2) is 0 Å². The van der Waals surface area contributed by atoms with Crippen molar-refractivity contribution < 1.29 is 0 Å². The Morgan fingerprint density at radius 3 is 2.67 bits per heavy atom. The van der Waals surface area contributed by atoms with Gasteiger partial charge < -0.3 is 11.1 Å². The van der Waals surface area contributed by atoms with Crippen LogP contribution in [0.5, 0.6) is 0 Å². The van der Waals surface area contributed by atoms with Crippen molar-refractivity contribution in [3.05, 3.63) is 0 Å². The lowest BCUT2D eigenvalue weighted by atomic mass is 10.2. The summed E-state index contributed by atoms with van der Waals surface area (Å²) in [7, 11) is 0. The summed E-state index contributed by atoms with van der Waals surface area (Å²) in [6.07, 6.45) is 11.4. The molecule has 2 unspecified atom stereocenters. The third-order valence-electron chi connectivity index (χ3n) is 3.18. The van der Waals surface area contributed by atoms with Gasteiger partial charge in [0.25, 0.3) is 0 Å². The lowest BCUT2D eigenvalue weighted by molar-refractivity contribution is 0.497. The molecule has 0 aromatic carbocycles. The van der Waals surface area contributed by atoms with Gasteiger partial charge >= 0.3 is 0 Å². The van der Waals surface area contributed by atoms with Crippen LogP contribution in [-0.2, 0) is 0 Å². The molecule has 1 fully saturated rings. The van der Waals surface area contributed by atoms with Crippen LogP contribution >= 0.6 is 11.8 Å². The molecule has 15 heavy (non-hydrogen) atoms. The molecule has 0 spiro atoms. The third-order valence-corrected chi connectivity index (χ3v) is 3.88. The maximum absolute atomic E-state index is 5.87. The van der Waals surface area contributed by atoms with Gasteiger partial charge in [0.15, 0.2) is 0 Å². The Morgan fingerprint density at radius 1 is 1.20 bits per heavy atom. The smallest absolute Gasteiger partial charge is 0.00823 e. The minimum atomic E-state index is 0.462. The zero-order chi connectivity index (χ0) is 10.9. The van der Waals surface area contributed by atoms with Crippen molar-refractivity contribution in [3.63, 3.8) is 0 Å². The first-order valence-corrected chi connectivity index (χ1v) is 7.70. The standard InChI is InChI=1S/C12H26N2S/c1-15-9-5-3-2-4-8-14-12-7-6-11(13)10-12/h11-12,14H,2-10,13H2,1H3. The van der Waals surface area contributed by atoms with Crippen molar-refractivity contribution in [1.82, 2.24) is 5.32 Å². The van der Waals surface area contributed by atoms with Crippen molar-refractivity contribution in [2.75, 3.05) is 18.6 Å². The fourth-order valence-corrected chi connectivity index (χ4v) is 2.73. The number of nitrogens with one attached hydrogen (secondary N) is 1. The van der Waals surface area contributed by atoms with Crippen molar-refractivity contribution in [2.24, 2.45) is 5.73 Å². The van der Waals surface area contributed by atoms with E-state index in [-0.39, 0.29) is 0 Å². The Bertz CT molecular complexity index is 153. The summed E-state index contributed by atoms with van der Waals surface area (Å²) in [6, 6.07) is 1.18. The Labute approximate surface area is 98.8 Å². The number of unbranched alkanes of at least 4 members (excludes halogenated alkanes) is 3. The number of hydrogen-bond donors (Lipinski definition) is 2. The van der Waals surface area contributed by atoms with Crippen molar-refractivity contribution in [3.8, 4) is 0 Å². The van der Waals surface area contributed by atoms with Crippen LogP contribution in [-0.4, -0.2) is 30.6 Å². The molecular formula is C12H26N2S. The molecule has 0 heterocycles. The Morgan fingerprint density at radius 2 is 2.00 bits per heavy atom. The van der Waals surface area contributed by atoms with Gasteiger partial charge in [0.2, 0.25) is 0 Å². The minimum absolute atomic E-state index is 0.462. The Hall–Kier alpha value is 0.270. The maximum Gasteiger partial charge on any atom is 0.00823 e. The van der Waals surface area contributed by atoms with Crippen LogP contribution in [0.2, 0.25) is 0 Å². The van der Waals surface area contributed by atoms with Crippen LogP contribution < -0.4 is 11.1 Å². The molecule has 1 aliphatic rings. The fourth-order valence-electron chi connectivity index (χ4n) is 2.23. The van der Waals surface area contributed by atoms with Crippen LogP contribution in [0.1, 0.15) is 44.9 Å². The second kappa shape index (κ2) is 8.43. The molecule has 0 bridgehead atoms. The molecule has 1 aliphatic carbocycles. The third kappa shape index (κ3) is 6.44. The number of rotatable bonds is 8. The molecule has 0 radical (unpaired) electrons. The van der Waals surface area contributed by atoms with Gasteiger partial charge in [-0.05, 0) is 50.7 Å². The zero-order valence-electron chi connectivity index (χ0n) is 10.0. The van der Waals surface area contributed by atoms with E-state index in [0.717, 1.165) is 0 Å². The predicted molar refractivity (Wildman–Crippen MR) is 70.5 cm³/mol. The van der Waals surface area contributed by atoms with E-state index < -0.39 is 0 Å². The van der Waals surface area contributed by atoms with Gasteiger partial charge in [-0.2, -0.15) is 11.8 Å². The molecule has 0 aliphatic heterocycles. The molecular weight excluding hydrogens is 204 g/mol. The lowest BCUT2D eigenvalue weighted by Gasteiger charge is -2.11. The molecule has 1 rings (SSSR count). The monoisotopic (exact) mass is 230 g/mol. The van der Waals surface area contributed by atoms with E-state index in [4.69, 9.17) is 5.73 Å². The zero-order valence-corrected chi connectivity index (χ0v) is 10.8. The molecule has 0 amide bonds. The highest BCUT2D eigenvalue weighted by molar-refractivity contribution is 7.98. The first-order valence-electron chi connectivity index (χ1n) is 6.31. The van der Waals surface area contributed by atoms with Crippen molar-refractivity contribution in [1.29, 1.82) is 0 Å². The van der Waals surface area contributed by atoms with Crippen LogP contribution in [0, 0.1) is 0 Å². The van der Waals surface area contributed by atoms with Crippen LogP contribution in [0.4, 0.5) is 0 Å². The van der Waals surface area contributed by atoms with Crippen molar-refractivity contribution in [2.45, 2.75) is 57.0 Å². The van der Waals surface area contributed by atoms with E-state index in [1.54, 1.807) is 0 Å². The quantitative estimate of drug-likeness (QED) is 0.629. The van der Waals surface area contributed by atoms with Crippen LogP contribution in [0.25, 0.3) is 0 Å². The average Bonchev–Trinajstić information content (AvgIpc) is 2.63. The molecule has 2 nitrogen and oxygen atoms in total. The molecule has 0 aromatic heterocycles. The summed E-state index contributed by atoms with van der Waals surface area (Å²) in [6.45, 7) is 1.19. The highest BCUT2D eigenvalue weighted by atomic mass is 32.2. The van der Waals surface area contributed by atoms with Gasteiger partial charge in [0, 0.05) is 12.1 Å². The molecule has 1 saturated carbocycles. The summed E-state index contributed by atoms with van der Waals surface area (Å²) in [4.78, 5) is 0. The summed E-state index contributed by atoms with van der Waals surface area (Å²) in [5, 5.41) is 3.62. The summed E-state index contributed by atoms with van der Waals surface area (Å²) in [5.74, 6) is 1.32. The SMILES string of the molecule is CSCCCCCCNC1CCC(N)C1. The summed E-state index contributed by atoms with van der Waals surface area (Å²) >= 11 is 1.96. The first kappa shape index (κ1) is 13.3. The molecule has 2 atom stereocenters. The normalized spacial score (nSPS) is 26.0. The van der Waals surface area contributed by atoms with Gasteiger partial charge in [-0.3, -0.25) is 0 Å². The van der Waals surface area contributed by atoms with Gasteiger partial charge in [0.05, 0.1) is 0 Å². The molecule has 3 heteroatoms. The van der Waals surface area contributed by atoms with E-state index in [1.165, 1.54) is 57.2 Å². The second-order valence-electron chi connectivity index (χ2n) is 4.63. The fraction of sp³-hybridized carbons (Fsp3) is 1.00. The topological polar surface area (TPSA) is 38.0 Å². The number of thioether (sulfide) groups is 1. The van der Waals surface area contributed by atoms with Crippen LogP contribution in [0.15, 0.2) is 0 Å². The van der Waals surface area contributed by atoms with Crippen molar-refractivity contribution >= 4 is 11.8 Å². The minimum Gasteiger partial charge on any atom is -0.328 e. The highest BCUT2D eigenvalue weighted by Crippen LogP contribution is 2.17. The predicted octanol–water partition coefficient (Wildman–Crippen LogP) is 2.38. The summed E-state index contributed by atoms with van der Waals surface area (Å²) < 4.78 is 0. The number of nitrogens with two attached hydrogens (primary N) is 1. The lowest BCUT2D eigenvalue weighted by Crippen LogP contribution is -2.29. The summed E-state index contributed by atoms with van der Waals surface area (Å²) in [5.41, 5.74) is 5.87. The van der Waals surface area contributed by atoms with Gasteiger partial charge in [0.1, 0.15) is 0 Å². The highest BCUT2D eigenvalue weighted by Gasteiger charge is 2.20. The van der Waals surface area contributed by atoms with E-state index in [0.29, 0.717) is 12.1 Å². The maximum atomic E-state index is 5.87. The van der Waals surface area contributed by atoms with E-state index in [1.807, 2.05) is 11.8 Å². The first-order chi connectivity index (χ1) is 7.33. The second-order valence-corrected chi connectivity index (χ2v) is 5.62. The van der Waals surface area contributed by atoms with Crippen LogP contribution in [0.3, 0.4) is 0 Å². The number of hydrogen-bond acceptors (Lipinski definition) is 3. The molecule has 3 N–H and O–H groups in total. The molecule has 90 valence electrons. The van der Waals surface area contributed by atoms with E-state index in [2.05, 4.69) is 11.6 Å². The molecule has 0 aromatic rings. The largest absolute Gasteiger partial charge is 0.328 e. The van der Waals surface area contributed by atoms with E-state index in [9.17, 15) is 0 Å².